The SMILES string of the molecule is Cc1cc(C(=O)NC2CCC(NC(=O)c3cc(F)cnc3Oc3cccc(-c4ccc(CCOS(C)(=O)=O)cc4)c3)CC2)nn1C. The third-order valence-corrected chi connectivity index (χ3v) is 8.43. The van der Waals surface area contributed by atoms with E-state index < -0.39 is 21.8 Å². The Morgan fingerprint density at radius 3 is 2.26 bits per heavy atom. The molecule has 4 aromatic rings. The van der Waals surface area contributed by atoms with E-state index in [0.717, 1.165) is 40.9 Å². The Labute approximate surface area is 267 Å². The first kappa shape index (κ1) is 32.8. The number of benzene rings is 2. The van der Waals surface area contributed by atoms with Gasteiger partial charge in [-0.1, -0.05) is 36.4 Å². The number of amides is 2. The van der Waals surface area contributed by atoms with Crippen molar-refractivity contribution in [2.75, 3.05) is 12.9 Å². The molecule has 46 heavy (non-hydrogen) atoms. The molecule has 2 heterocycles. The van der Waals surface area contributed by atoms with E-state index in [0.29, 0.717) is 43.5 Å². The fourth-order valence-corrected chi connectivity index (χ4v) is 5.66. The van der Waals surface area contributed by atoms with Gasteiger partial charge in [0.15, 0.2) is 0 Å². The number of nitrogens with one attached hydrogen (secondary N) is 2. The Kier molecular flexibility index (Phi) is 10.1. The molecule has 0 atom stereocenters. The molecule has 13 heteroatoms. The van der Waals surface area contributed by atoms with Gasteiger partial charge in [0.05, 0.1) is 19.1 Å². The smallest absolute Gasteiger partial charge is 0.272 e. The number of nitrogens with zero attached hydrogens (tertiary/aromatic N) is 3. The molecule has 0 saturated heterocycles. The normalized spacial score (nSPS) is 16.5. The average molecular weight is 650 g/mol. The molecular formula is C33H36FN5O6S. The van der Waals surface area contributed by atoms with Gasteiger partial charge in [-0.15, -0.1) is 0 Å². The van der Waals surface area contributed by atoms with E-state index in [2.05, 4.69) is 20.7 Å². The maximum absolute atomic E-state index is 14.2. The van der Waals surface area contributed by atoms with Crippen LogP contribution >= 0.6 is 0 Å². The number of ether oxygens (including phenoxy) is 1. The highest BCUT2D eigenvalue weighted by Crippen LogP contribution is 2.29. The summed E-state index contributed by atoms with van der Waals surface area (Å²) in [5.74, 6) is -0.990. The summed E-state index contributed by atoms with van der Waals surface area (Å²) in [5, 5.41) is 10.2. The molecule has 0 spiro atoms. The summed E-state index contributed by atoms with van der Waals surface area (Å²) in [6, 6.07) is 17.5. The minimum Gasteiger partial charge on any atom is -0.438 e. The Hall–Kier alpha value is -4.62. The Morgan fingerprint density at radius 1 is 0.957 bits per heavy atom. The number of rotatable bonds is 11. The van der Waals surface area contributed by atoms with E-state index in [4.69, 9.17) is 8.92 Å². The lowest BCUT2D eigenvalue weighted by Crippen LogP contribution is -2.44. The zero-order valence-electron chi connectivity index (χ0n) is 25.8. The average Bonchev–Trinajstić information content (AvgIpc) is 3.36. The summed E-state index contributed by atoms with van der Waals surface area (Å²) in [6.07, 6.45) is 5.10. The third kappa shape index (κ3) is 8.76. The molecule has 0 bridgehead atoms. The largest absolute Gasteiger partial charge is 0.438 e. The van der Waals surface area contributed by atoms with Gasteiger partial charge in [0.25, 0.3) is 21.9 Å². The van der Waals surface area contributed by atoms with Crippen LogP contribution in [0.1, 0.15) is 57.8 Å². The molecule has 1 fully saturated rings. The lowest BCUT2D eigenvalue weighted by atomic mass is 9.91. The highest BCUT2D eigenvalue weighted by molar-refractivity contribution is 7.85. The van der Waals surface area contributed by atoms with Crippen LogP contribution in [-0.2, 0) is 27.8 Å². The second-order valence-corrected chi connectivity index (χ2v) is 13.0. The second kappa shape index (κ2) is 14.2. The predicted molar refractivity (Wildman–Crippen MR) is 170 cm³/mol. The van der Waals surface area contributed by atoms with Crippen LogP contribution in [0.4, 0.5) is 4.39 Å². The van der Waals surface area contributed by atoms with Crippen molar-refractivity contribution >= 4 is 21.9 Å². The summed E-state index contributed by atoms with van der Waals surface area (Å²) in [6.45, 7) is 1.94. The summed E-state index contributed by atoms with van der Waals surface area (Å²) >= 11 is 0. The molecule has 1 saturated carbocycles. The molecule has 5 rings (SSSR count). The minimum absolute atomic E-state index is 0.0213. The molecular weight excluding hydrogens is 613 g/mol. The van der Waals surface area contributed by atoms with Crippen LogP contribution in [0.5, 0.6) is 11.6 Å². The molecule has 1 aliphatic carbocycles. The lowest BCUT2D eigenvalue weighted by Gasteiger charge is -2.29. The Bertz CT molecular complexity index is 1800. The molecule has 0 aliphatic heterocycles. The number of pyridine rings is 1. The van der Waals surface area contributed by atoms with Crippen LogP contribution < -0.4 is 15.4 Å². The second-order valence-electron chi connectivity index (χ2n) is 11.4. The van der Waals surface area contributed by atoms with Crippen molar-refractivity contribution in [1.29, 1.82) is 0 Å². The van der Waals surface area contributed by atoms with Gasteiger partial charge in [-0.05, 0) is 80.0 Å². The number of halogens is 1. The number of carbonyl (C=O) groups is 2. The van der Waals surface area contributed by atoms with Crippen LogP contribution in [0.25, 0.3) is 11.1 Å². The maximum Gasteiger partial charge on any atom is 0.272 e. The third-order valence-electron chi connectivity index (χ3n) is 7.83. The number of carbonyl (C=O) groups excluding carboxylic acids is 2. The van der Waals surface area contributed by atoms with Crippen LogP contribution in [0.2, 0.25) is 0 Å². The fourth-order valence-electron chi connectivity index (χ4n) is 5.27. The van der Waals surface area contributed by atoms with E-state index in [-0.39, 0.29) is 36.0 Å². The number of aromatic nitrogens is 3. The topological polar surface area (TPSA) is 142 Å². The van der Waals surface area contributed by atoms with Gasteiger partial charge in [-0.2, -0.15) is 13.5 Å². The standard InChI is InChI=1S/C33H36FN5O6S/c1-21-17-30(38-39(21)2)32(41)37-27-13-11-26(12-14-27)36-31(40)29-19-25(34)20-35-33(29)45-28-6-4-5-24(18-28)23-9-7-22(8-10-23)15-16-44-46(3,42)43/h4-10,17-20,26-27H,11-16H2,1-3H3,(H,36,40)(H,37,41). The lowest BCUT2D eigenvalue weighted by molar-refractivity contribution is 0.0887. The van der Waals surface area contributed by atoms with Crippen molar-refractivity contribution in [3.05, 3.63) is 95.2 Å². The van der Waals surface area contributed by atoms with Crippen LogP contribution in [-0.4, -0.2) is 59.9 Å². The van der Waals surface area contributed by atoms with Crippen LogP contribution in [0, 0.1) is 12.7 Å². The van der Waals surface area contributed by atoms with E-state index >= 15 is 0 Å². The monoisotopic (exact) mass is 649 g/mol. The van der Waals surface area contributed by atoms with Crippen LogP contribution in [0.3, 0.4) is 0 Å². The quantitative estimate of drug-likeness (QED) is 0.223. The number of hydrogen-bond acceptors (Lipinski definition) is 8. The number of hydrogen-bond donors (Lipinski definition) is 2. The first-order valence-corrected chi connectivity index (χ1v) is 16.7. The molecule has 1 aliphatic rings. The van der Waals surface area contributed by atoms with Crippen molar-refractivity contribution in [3.8, 4) is 22.8 Å². The van der Waals surface area contributed by atoms with E-state index in [1.165, 1.54) is 0 Å². The molecule has 11 nitrogen and oxygen atoms in total. The molecule has 2 amide bonds. The fraction of sp³-hybridized carbons (Fsp3) is 0.333. The van der Waals surface area contributed by atoms with Crippen molar-refractivity contribution in [3.63, 3.8) is 0 Å². The zero-order chi connectivity index (χ0) is 32.8. The molecule has 2 N–H and O–H groups in total. The van der Waals surface area contributed by atoms with Crippen molar-refractivity contribution in [2.24, 2.45) is 7.05 Å². The Balaban J connectivity index is 1.19. The molecule has 0 radical (unpaired) electrons. The molecule has 2 aromatic heterocycles. The van der Waals surface area contributed by atoms with Gasteiger partial charge in [-0.25, -0.2) is 9.37 Å². The summed E-state index contributed by atoms with van der Waals surface area (Å²) in [7, 11) is -1.70. The van der Waals surface area contributed by atoms with E-state index in [9.17, 15) is 22.4 Å². The highest BCUT2D eigenvalue weighted by atomic mass is 32.2. The van der Waals surface area contributed by atoms with E-state index in [1.54, 1.807) is 36.0 Å². The van der Waals surface area contributed by atoms with Gasteiger partial charge in [0.1, 0.15) is 22.8 Å². The summed E-state index contributed by atoms with van der Waals surface area (Å²) < 4.78 is 49.1. The zero-order valence-corrected chi connectivity index (χ0v) is 26.6. The highest BCUT2D eigenvalue weighted by Gasteiger charge is 2.26. The van der Waals surface area contributed by atoms with Gasteiger partial charge < -0.3 is 15.4 Å². The van der Waals surface area contributed by atoms with E-state index in [1.807, 2.05) is 37.3 Å². The van der Waals surface area contributed by atoms with Gasteiger partial charge in [0.2, 0.25) is 5.88 Å². The predicted octanol–water partition coefficient (Wildman–Crippen LogP) is 4.71. The van der Waals surface area contributed by atoms with Gasteiger partial charge in [0, 0.05) is 24.8 Å². The first-order valence-electron chi connectivity index (χ1n) is 14.9. The Morgan fingerprint density at radius 2 is 1.63 bits per heavy atom. The van der Waals surface area contributed by atoms with Crippen molar-refractivity contribution in [1.82, 2.24) is 25.4 Å². The van der Waals surface area contributed by atoms with Crippen molar-refractivity contribution < 1.29 is 31.3 Å². The number of aryl methyl sites for hydroxylation is 2. The van der Waals surface area contributed by atoms with Crippen LogP contribution in [0.15, 0.2) is 66.9 Å². The summed E-state index contributed by atoms with van der Waals surface area (Å²) in [5.41, 5.74) is 3.90. The molecule has 242 valence electrons. The van der Waals surface area contributed by atoms with Gasteiger partial charge in [-0.3, -0.25) is 18.5 Å². The van der Waals surface area contributed by atoms with Gasteiger partial charge >= 0.3 is 0 Å². The first-order chi connectivity index (χ1) is 21.9. The molecule has 2 aromatic carbocycles. The summed E-state index contributed by atoms with van der Waals surface area (Å²) in [4.78, 5) is 29.9. The minimum atomic E-state index is -3.49. The molecule has 0 unspecified atom stereocenters. The van der Waals surface area contributed by atoms with Crippen molar-refractivity contribution in [2.45, 2.75) is 51.1 Å². The maximum atomic E-state index is 14.2.